The van der Waals surface area contributed by atoms with E-state index in [1.165, 1.54) is 0 Å². The van der Waals surface area contributed by atoms with Gasteiger partial charge in [-0.25, -0.2) is 0 Å². The Balaban J connectivity index is 2.03. The summed E-state index contributed by atoms with van der Waals surface area (Å²) < 4.78 is 6.37. The summed E-state index contributed by atoms with van der Waals surface area (Å²) in [6.07, 6.45) is 1.19. The van der Waals surface area contributed by atoms with Crippen LogP contribution in [0.4, 0.5) is 0 Å². The Bertz CT molecular complexity index is 411. The van der Waals surface area contributed by atoms with Crippen LogP contribution in [0.25, 0.3) is 0 Å². The van der Waals surface area contributed by atoms with Crippen molar-refractivity contribution in [1.82, 2.24) is 0 Å². The molecule has 0 amide bonds. The highest BCUT2D eigenvalue weighted by Crippen LogP contribution is 2.29. The number of aliphatic hydroxyl groups excluding tert-OH is 1. The monoisotopic (exact) mass is 332 g/mol. The Hall–Kier alpha value is -0.0900. The molecule has 0 aromatic heterocycles. The van der Waals surface area contributed by atoms with Gasteiger partial charge in [0.05, 0.1) is 6.10 Å². The molecule has 2 rings (SSSR count). The molecule has 4 heteroatoms. The van der Waals surface area contributed by atoms with Crippen molar-refractivity contribution < 1.29 is 9.84 Å². The number of ether oxygens (including phenoxy) is 1. The van der Waals surface area contributed by atoms with E-state index in [2.05, 4.69) is 22.9 Å². The van der Waals surface area contributed by atoms with Gasteiger partial charge in [-0.3, -0.25) is 0 Å². The molecule has 3 atom stereocenters. The Morgan fingerprint density at radius 3 is 3.00 bits per heavy atom. The molecule has 1 fully saturated rings. The van der Waals surface area contributed by atoms with Gasteiger partial charge in [-0.1, -0.05) is 40.5 Å². The van der Waals surface area contributed by atoms with Crippen LogP contribution in [-0.2, 0) is 11.2 Å². The van der Waals surface area contributed by atoms with Crippen molar-refractivity contribution in [2.75, 3.05) is 13.2 Å². The molecular weight excluding hydrogens is 316 g/mol. The van der Waals surface area contributed by atoms with E-state index in [0.29, 0.717) is 23.3 Å². The van der Waals surface area contributed by atoms with Gasteiger partial charge < -0.3 is 9.84 Å². The number of benzene rings is 1. The molecule has 2 nitrogen and oxygen atoms in total. The SMILES string of the molecule is CC1COCCC1C(O)Cc1ccc(Br)cc1Cl. The van der Waals surface area contributed by atoms with E-state index in [9.17, 15) is 5.11 Å². The van der Waals surface area contributed by atoms with Gasteiger partial charge >= 0.3 is 0 Å². The zero-order valence-corrected chi connectivity index (χ0v) is 12.7. The molecule has 1 aliphatic rings. The number of hydrogen-bond donors (Lipinski definition) is 1. The first kappa shape index (κ1) is 14.3. The molecule has 1 aromatic rings. The summed E-state index contributed by atoms with van der Waals surface area (Å²) in [7, 11) is 0. The van der Waals surface area contributed by atoms with E-state index >= 15 is 0 Å². The fourth-order valence-corrected chi connectivity index (χ4v) is 3.28. The molecule has 0 spiro atoms. The molecule has 0 radical (unpaired) electrons. The fourth-order valence-electron chi connectivity index (χ4n) is 2.53. The summed E-state index contributed by atoms with van der Waals surface area (Å²) in [6.45, 7) is 3.63. The molecule has 1 N–H and O–H groups in total. The zero-order chi connectivity index (χ0) is 13.1. The minimum Gasteiger partial charge on any atom is -0.392 e. The Labute approximate surface area is 121 Å². The summed E-state index contributed by atoms with van der Waals surface area (Å²) in [4.78, 5) is 0. The van der Waals surface area contributed by atoms with Gasteiger partial charge in [-0.15, -0.1) is 0 Å². The van der Waals surface area contributed by atoms with E-state index in [-0.39, 0.29) is 6.10 Å². The highest BCUT2D eigenvalue weighted by molar-refractivity contribution is 9.10. The van der Waals surface area contributed by atoms with Gasteiger partial charge in [0.15, 0.2) is 0 Å². The second-order valence-electron chi connectivity index (χ2n) is 5.01. The minimum atomic E-state index is -0.345. The van der Waals surface area contributed by atoms with Crippen molar-refractivity contribution in [2.45, 2.75) is 25.9 Å². The number of rotatable bonds is 3. The molecule has 18 heavy (non-hydrogen) atoms. The van der Waals surface area contributed by atoms with Crippen molar-refractivity contribution >= 4 is 27.5 Å². The predicted molar refractivity (Wildman–Crippen MR) is 77.0 cm³/mol. The highest BCUT2D eigenvalue weighted by Gasteiger charge is 2.28. The molecule has 0 aliphatic carbocycles. The smallest absolute Gasteiger partial charge is 0.0613 e. The van der Waals surface area contributed by atoms with Gasteiger partial charge in [0.2, 0.25) is 0 Å². The molecule has 1 aromatic carbocycles. The Morgan fingerprint density at radius 1 is 1.56 bits per heavy atom. The largest absolute Gasteiger partial charge is 0.392 e. The third kappa shape index (κ3) is 3.47. The van der Waals surface area contributed by atoms with Crippen LogP contribution in [0, 0.1) is 11.8 Å². The lowest BCUT2D eigenvalue weighted by molar-refractivity contribution is -0.0294. The standard InChI is InChI=1S/C14H18BrClO2/c1-9-8-18-5-4-12(9)14(17)6-10-2-3-11(15)7-13(10)16/h2-3,7,9,12,14,17H,4-6,8H2,1H3. The van der Waals surface area contributed by atoms with Crippen LogP contribution in [0.3, 0.4) is 0 Å². The first-order valence-electron chi connectivity index (χ1n) is 6.27. The molecule has 1 aliphatic heterocycles. The van der Waals surface area contributed by atoms with Crippen molar-refractivity contribution in [2.24, 2.45) is 11.8 Å². The van der Waals surface area contributed by atoms with Gasteiger partial charge in [0, 0.05) is 29.1 Å². The third-order valence-corrected chi connectivity index (χ3v) is 4.49. The van der Waals surface area contributed by atoms with Gasteiger partial charge in [-0.05, 0) is 36.0 Å². The van der Waals surface area contributed by atoms with Gasteiger partial charge in [-0.2, -0.15) is 0 Å². The second-order valence-corrected chi connectivity index (χ2v) is 6.33. The van der Waals surface area contributed by atoms with Crippen molar-refractivity contribution in [3.8, 4) is 0 Å². The average molecular weight is 334 g/mol. The van der Waals surface area contributed by atoms with Crippen LogP contribution >= 0.6 is 27.5 Å². The lowest BCUT2D eigenvalue weighted by Gasteiger charge is -2.32. The van der Waals surface area contributed by atoms with E-state index in [0.717, 1.165) is 29.7 Å². The lowest BCUT2D eigenvalue weighted by Crippen LogP contribution is -2.35. The van der Waals surface area contributed by atoms with E-state index in [1.54, 1.807) is 0 Å². The predicted octanol–water partition coefficient (Wildman–Crippen LogP) is 3.68. The summed E-state index contributed by atoms with van der Waals surface area (Å²) in [5, 5.41) is 11.1. The molecule has 1 saturated heterocycles. The fraction of sp³-hybridized carbons (Fsp3) is 0.571. The average Bonchev–Trinajstić information content (AvgIpc) is 2.33. The van der Waals surface area contributed by atoms with Gasteiger partial charge in [0.25, 0.3) is 0 Å². The first-order chi connectivity index (χ1) is 8.58. The van der Waals surface area contributed by atoms with Crippen molar-refractivity contribution in [3.63, 3.8) is 0 Å². The summed E-state index contributed by atoms with van der Waals surface area (Å²) in [5.74, 6) is 0.710. The van der Waals surface area contributed by atoms with Crippen LogP contribution in [0.5, 0.6) is 0 Å². The number of aliphatic hydroxyl groups is 1. The minimum absolute atomic E-state index is 0.304. The van der Waals surface area contributed by atoms with Crippen LogP contribution in [-0.4, -0.2) is 24.4 Å². The normalized spacial score (nSPS) is 26.0. The van der Waals surface area contributed by atoms with E-state index < -0.39 is 0 Å². The summed E-state index contributed by atoms with van der Waals surface area (Å²) >= 11 is 9.57. The zero-order valence-electron chi connectivity index (χ0n) is 10.4. The molecule has 100 valence electrons. The molecule has 3 unspecified atom stereocenters. The van der Waals surface area contributed by atoms with Gasteiger partial charge in [0.1, 0.15) is 0 Å². The molecular formula is C14H18BrClO2. The van der Waals surface area contributed by atoms with Crippen molar-refractivity contribution in [1.29, 1.82) is 0 Å². The maximum atomic E-state index is 10.4. The molecule has 1 heterocycles. The Kier molecular flexibility index (Phi) is 5.07. The summed E-state index contributed by atoms with van der Waals surface area (Å²) in [6, 6.07) is 5.80. The topological polar surface area (TPSA) is 29.5 Å². The van der Waals surface area contributed by atoms with E-state index in [1.807, 2.05) is 18.2 Å². The number of halogens is 2. The van der Waals surface area contributed by atoms with Crippen LogP contribution in [0.15, 0.2) is 22.7 Å². The van der Waals surface area contributed by atoms with Crippen LogP contribution in [0.1, 0.15) is 18.9 Å². The number of hydrogen-bond acceptors (Lipinski definition) is 2. The first-order valence-corrected chi connectivity index (χ1v) is 7.44. The highest BCUT2D eigenvalue weighted by atomic mass is 79.9. The maximum absolute atomic E-state index is 10.4. The van der Waals surface area contributed by atoms with Crippen molar-refractivity contribution in [3.05, 3.63) is 33.3 Å². The van der Waals surface area contributed by atoms with Crippen LogP contribution < -0.4 is 0 Å². The quantitative estimate of drug-likeness (QED) is 0.914. The van der Waals surface area contributed by atoms with Crippen LogP contribution in [0.2, 0.25) is 5.02 Å². The molecule has 0 saturated carbocycles. The van der Waals surface area contributed by atoms with E-state index in [4.69, 9.17) is 16.3 Å². The second kappa shape index (κ2) is 6.38. The Morgan fingerprint density at radius 2 is 2.33 bits per heavy atom. The third-order valence-electron chi connectivity index (χ3n) is 3.65. The lowest BCUT2D eigenvalue weighted by atomic mass is 9.83. The maximum Gasteiger partial charge on any atom is 0.0613 e. The summed E-state index contributed by atoms with van der Waals surface area (Å²) in [5.41, 5.74) is 1.01. The molecule has 0 bridgehead atoms.